The largest absolute Gasteiger partial charge is 0.115 e. The molecule has 0 atom stereocenters. The second-order valence-electron chi connectivity index (χ2n) is 5.71. The molecule has 0 aromatic heterocycles. The van der Waals surface area contributed by atoms with E-state index in [1.807, 2.05) is 48.5 Å². The van der Waals surface area contributed by atoms with Gasteiger partial charge >= 0.3 is 0 Å². The van der Waals surface area contributed by atoms with Crippen molar-refractivity contribution in [2.45, 2.75) is 0 Å². The number of fused-ring (bicyclic) bond motifs is 3. The molecule has 0 saturated heterocycles. The Morgan fingerprint density at radius 3 is 0.917 bits per heavy atom. The van der Waals surface area contributed by atoms with E-state index in [2.05, 4.69) is 36.1 Å². The molecule has 2 aliphatic rings. The standard InChI is InChI=1S/C18H10.C6H4/c1-3-13-15-9-5-7-11-17(15)14(4-2)18-12-8-6-10-16(13)18;1-2-6-4-3-5(1)6/h1-2,5-12H;1-4H. The summed E-state index contributed by atoms with van der Waals surface area (Å²) in [6.45, 7) is 0. The molecule has 3 aromatic carbocycles. The van der Waals surface area contributed by atoms with Gasteiger partial charge in [0.2, 0.25) is 0 Å². The van der Waals surface area contributed by atoms with E-state index in [1.165, 1.54) is 11.1 Å². The number of rotatable bonds is 0. The predicted molar refractivity (Wildman–Crippen MR) is 103 cm³/mol. The van der Waals surface area contributed by atoms with Crippen molar-refractivity contribution in [3.8, 4) is 35.8 Å². The summed E-state index contributed by atoms with van der Waals surface area (Å²) in [6.07, 6.45) is 11.3. The van der Waals surface area contributed by atoms with Crippen LogP contribution < -0.4 is 0 Å². The van der Waals surface area contributed by atoms with Gasteiger partial charge < -0.3 is 0 Å². The Hall–Kier alpha value is -3.48. The minimum Gasteiger partial charge on any atom is -0.115 e. The monoisotopic (exact) mass is 302 g/mol. The van der Waals surface area contributed by atoms with E-state index >= 15 is 0 Å². The first-order chi connectivity index (χ1) is 11.8. The van der Waals surface area contributed by atoms with Crippen LogP contribution in [0.25, 0.3) is 32.7 Å². The van der Waals surface area contributed by atoms with Gasteiger partial charge in [-0.2, -0.15) is 0 Å². The van der Waals surface area contributed by atoms with Gasteiger partial charge in [-0.1, -0.05) is 84.6 Å². The quantitative estimate of drug-likeness (QED) is 0.257. The van der Waals surface area contributed by atoms with Crippen molar-refractivity contribution < 1.29 is 0 Å². The third-order valence-electron chi connectivity index (χ3n) is 4.44. The molecule has 110 valence electrons. The number of hydrogen-bond acceptors (Lipinski definition) is 0. The Labute approximate surface area is 141 Å². The Bertz CT molecular complexity index is 997. The molecular weight excluding hydrogens is 288 g/mol. The fraction of sp³-hybridized carbons (Fsp3) is 0. The molecule has 5 rings (SSSR count). The summed E-state index contributed by atoms with van der Waals surface area (Å²) >= 11 is 0. The first-order valence-corrected chi connectivity index (χ1v) is 7.80. The smallest absolute Gasteiger partial charge is 0.0400 e. The summed E-state index contributed by atoms with van der Waals surface area (Å²) in [5.74, 6) is 5.59. The topological polar surface area (TPSA) is 0 Å². The first-order valence-electron chi connectivity index (χ1n) is 7.80. The molecule has 0 aliphatic heterocycles. The van der Waals surface area contributed by atoms with Crippen LogP contribution in [0.3, 0.4) is 0 Å². The first kappa shape index (κ1) is 14.1. The van der Waals surface area contributed by atoms with Crippen molar-refractivity contribution in [3.05, 3.63) is 83.9 Å². The molecule has 0 heterocycles. The van der Waals surface area contributed by atoms with E-state index < -0.39 is 0 Å². The fourth-order valence-corrected chi connectivity index (χ4v) is 3.10. The van der Waals surface area contributed by atoms with E-state index in [4.69, 9.17) is 12.8 Å². The van der Waals surface area contributed by atoms with Crippen molar-refractivity contribution >= 4 is 21.5 Å². The Balaban J connectivity index is 0.000000201. The maximum Gasteiger partial charge on any atom is 0.0400 e. The molecule has 24 heavy (non-hydrogen) atoms. The SMILES string of the molecule is C#Cc1c2ccccc2c(C#C)c2ccccc12.c1cc2ccc1-2. The van der Waals surface area contributed by atoms with Gasteiger partial charge in [0.25, 0.3) is 0 Å². The zero-order valence-corrected chi connectivity index (χ0v) is 13.1. The molecule has 0 unspecified atom stereocenters. The van der Waals surface area contributed by atoms with Gasteiger partial charge in [0, 0.05) is 11.1 Å². The summed E-state index contributed by atoms with van der Waals surface area (Å²) in [7, 11) is 0. The van der Waals surface area contributed by atoms with Crippen LogP contribution in [-0.4, -0.2) is 0 Å². The molecule has 0 spiro atoms. The lowest BCUT2D eigenvalue weighted by Gasteiger charge is -2.10. The molecular formula is C24H14. The van der Waals surface area contributed by atoms with Crippen LogP contribution in [0.4, 0.5) is 0 Å². The summed E-state index contributed by atoms with van der Waals surface area (Å²) < 4.78 is 0. The molecule has 0 heteroatoms. The molecule has 0 radical (unpaired) electrons. The second-order valence-corrected chi connectivity index (χ2v) is 5.71. The van der Waals surface area contributed by atoms with Gasteiger partial charge in [-0.3, -0.25) is 0 Å². The Kier molecular flexibility index (Phi) is 3.31. The second kappa shape index (κ2) is 5.62. The molecule has 0 bridgehead atoms. The van der Waals surface area contributed by atoms with Gasteiger partial charge in [0.05, 0.1) is 0 Å². The summed E-state index contributed by atoms with van der Waals surface area (Å²) in [5.41, 5.74) is 4.69. The van der Waals surface area contributed by atoms with Crippen LogP contribution in [0.5, 0.6) is 0 Å². The molecule has 2 aliphatic carbocycles. The van der Waals surface area contributed by atoms with Gasteiger partial charge in [0.15, 0.2) is 0 Å². The highest BCUT2D eigenvalue weighted by Gasteiger charge is 2.10. The number of benzene rings is 4. The van der Waals surface area contributed by atoms with Crippen molar-refractivity contribution in [2.24, 2.45) is 0 Å². The van der Waals surface area contributed by atoms with Crippen molar-refractivity contribution in [1.29, 1.82) is 0 Å². The lowest BCUT2D eigenvalue weighted by atomic mass is 9.92. The molecule has 3 aromatic rings. The number of hydrogen-bond donors (Lipinski definition) is 0. The van der Waals surface area contributed by atoms with Crippen LogP contribution in [-0.2, 0) is 0 Å². The van der Waals surface area contributed by atoms with E-state index in [9.17, 15) is 0 Å². The Morgan fingerprint density at radius 2 is 0.750 bits per heavy atom. The maximum atomic E-state index is 5.67. The predicted octanol–water partition coefficient (Wildman–Crippen LogP) is 5.62. The Morgan fingerprint density at radius 1 is 0.458 bits per heavy atom. The van der Waals surface area contributed by atoms with Crippen molar-refractivity contribution in [2.75, 3.05) is 0 Å². The van der Waals surface area contributed by atoms with Crippen molar-refractivity contribution in [1.82, 2.24) is 0 Å². The molecule has 0 amide bonds. The van der Waals surface area contributed by atoms with Crippen LogP contribution in [0.1, 0.15) is 11.1 Å². The summed E-state index contributed by atoms with van der Waals surface area (Å²) in [5, 5.41) is 4.19. The van der Waals surface area contributed by atoms with Gasteiger partial charge in [0.1, 0.15) is 0 Å². The van der Waals surface area contributed by atoms with Crippen LogP contribution in [0, 0.1) is 24.7 Å². The molecule has 0 fully saturated rings. The number of terminal acetylenes is 2. The van der Waals surface area contributed by atoms with Crippen LogP contribution >= 0.6 is 0 Å². The average molecular weight is 302 g/mol. The van der Waals surface area contributed by atoms with Gasteiger partial charge in [-0.25, -0.2) is 0 Å². The highest BCUT2D eigenvalue weighted by atomic mass is 14.1. The third kappa shape index (κ3) is 2.06. The zero-order valence-electron chi connectivity index (χ0n) is 13.1. The normalized spacial score (nSPS) is 10.4. The molecule has 0 N–H and O–H groups in total. The van der Waals surface area contributed by atoms with E-state index in [0.717, 1.165) is 32.7 Å². The minimum atomic E-state index is 0.917. The zero-order chi connectivity index (χ0) is 16.5. The molecule has 0 saturated carbocycles. The molecule has 0 nitrogen and oxygen atoms in total. The third-order valence-corrected chi connectivity index (χ3v) is 4.44. The highest BCUT2D eigenvalue weighted by molar-refractivity contribution is 6.09. The fourth-order valence-electron chi connectivity index (χ4n) is 3.10. The average Bonchev–Trinajstić information content (AvgIpc) is 2.63. The van der Waals surface area contributed by atoms with Gasteiger partial charge in [-0.05, 0) is 32.7 Å². The van der Waals surface area contributed by atoms with E-state index in [-0.39, 0.29) is 0 Å². The minimum absolute atomic E-state index is 0.917. The van der Waals surface area contributed by atoms with Gasteiger partial charge in [-0.15, -0.1) is 12.8 Å². The summed E-state index contributed by atoms with van der Waals surface area (Å²) in [6, 6.07) is 24.5. The summed E-state index contributed by atoms with van der Waals surface area (Å²) in [4.78, 5) is 0. The van der Waals surface area contributed by atoms with Crippen LogP contribution in [0.2, 0.25) is 0 Å². The highest BCUT2D eigenvalue weighted by Crippen LogP contribution is 2.32. The lowest BCUT2D eigenvalue weighted by Crippen LogP contribution is -1.89. The van der Waals surface area contributed by atoms with Crippen molar-refractivity contribution in [3.63, 3.8) is 0 Å². The van der Waals surface area contributed by atoms with E-state index in [0.29, 0.717) is 0 Å². The van der Waals surface area contributed by atoms with E-state index in [1.54, 1.807) is 0 Å². The maximum absolute atomic E-state index is 5.67. The van der Waals surface area contributed by atoms with Crippen LogP contribution in [0.15, 0.2) is 72.8 Å². The lowest BCUT2D eigenvalue weighted by molar-refractivity contribution is 1.55.